The number of carbonyl (C=O) groups excluding carboxylic acids is 1. The van der Waals surface area contributed by atoms with E-state index < -0.39 is 0 Å². The summed E-state index contributed by atoms with van der Waals surface area (Å²) in [5.74, 6) is 0.0110. The van der Waals surface area contributed by atoms with E-state index in [-0.39, 0.29) is 5.97 Å². The summed E-state index contributed by atoms with van der Waals surface area (Å²) in [6.45, 7) is 2.16. The van der Waals surface area contributed by atoms with Crippen LogP contribution < -0.4 is 0 Å². The van der Waals surface area contributed by atoms with E-state index in [0.717, 1.165) is 0 Å². The molecular formula is C6H9ClO2. The zero-order valence-corrected chi connectivity index (χ0v) is 6.02. The van der Waals surface area contributed by atoms with Crippen molar-refractivity contribution < 1.29 is 9.53 Å². The lowest BCUT2D eigenvalue weighted by Crippen LogP contribution is -1.98. The lowest BCUT2D eigenvalue weighted by molar-refractivity contribution is -0.137. The molecule has 0 bridgehead atoms. The zero-order valence-electron chi connectivity index (χ0n) is 5.26. The van der Waals surface area contributed by atoms with Gasteiger partial charge in [-0.25, -0.2) is 4.79 Å². The van der Waals surface area contributed by atoms with Crippen molar-refractivity contribution in [3.63, 3.8) is 0 Å². The topological polar surface area (TPSA) is 26.3 Å². The molecule has 0 fully saturated rings. The first kappa shape index (κ1) is 8.50. The van der Waals surface area contributed by atoms with E-state index in [4.69, 9.17) is 11.6 Å². The third kappa shape index (κ3) is 5.37. The minimum Gasteiger partial charge on any atom is -0.463 e. The van der Waals surface area contributed by atoms with Crippen molar-refractivity contribution in [2.75, 3.05) is 12.5 Å². The van der Waals surface area contributed by atoms with Crippen molar-refractivity contribution in [2.24, 2.45) is 0 Å². The Bertz CT molecular complexity index is 110. The molecule has 0 radical (unpaired) electrons. The van der Waals surface area contributed by atoms with Gasteiger partial charge in [-0.3, -0.25) is 0 Å². The lowest BCUT2D eigenvalue weighted by Gasteiger charge is -1.92. The van der Waals surface area contributed by atoms with Gasteiger partial charge in [0.2, 0.25) is 0 Å². The number of ether oxygens (including phenoxy) is 1. The van der Waals surface area contributed by atoms with Gasteiger partial charge in [0.15, 0.2) is 0 Å². The predicted molar refractivity (Wildman–Crippen MR) is 36.5 cm³/mol. The second kappa shape index (κ2) is 5.63. The van der Waals surface area contributed by atoms with E-state index in [9.17, 15) is 4.79 Å². The van der Waals surface area contributed by atoms with Crippen molar-refractivity contribution in [3.05, 3.63) is 12.2 Å². The van der Waals surface area contributed by atoms with Gasteiger partial charge in [-0.1, -0.05) is 6.08 Å². The Morgan fingerprint density at radius 1 is 1.78 bits per heavy atom. The smallest absolute Gasteiger partial charge is 0.330 e. The Kier molecular flexibility index (Phi) is 5.32. The molecule has 0 aromatic heterocycles. The molecule has 0 aromatic rings. The van der Waals surface area contributed by atoms with Crippen LogP contribution in [0, 0.1) is 0 Å². The SMILES string of the molecule is CCOC(=O)/C=C\CCl. The highest BCUT2D eigenvalue weighted by molar-refractivity contribution is 6.19. The van der Waals surface area contributed by atoms with Crippen LogP contribution in [0.3, 0.4) is 0 Å². The summed E-state index contributed by atoms with van der Waals surface area (Å²) < 4.78 is 4.56. The second-order valence-corrected chi connectivity index (χ2v) is 1.62. The zero-order chi connectivity index (χ0) is 7.11. The van der Waals surface area contributed by atoms with Gasteiger partial charge in [0.25, 0.3) is 0 Å². The van der Waals surface area contributed by atoms with E-state index in [1.807, 2.05) is 0 Å². The number of hydrogen-bond donors (Lipinski definition) is 0. The van der Waals surface area contributed by atoms with Crippen molar-refractivity contribution in [1.29, 1.82) is 0 Å². The van der Waals surface area contributed by atoms with Crippen LogP contribution in [0.4, 0.5) is 0 Å². The van der Waals surface area contributed by atoms with E-state index in [1.165, 1.54) is 6.08 Å². The number of alkyl halides is 1. The number of esters is 1. The highest BCUT2D eigenvalue weighted by Gasteiger charge is 1.89. The molecule has 2 nitrogen and oxygen atoms in total. The van der Waals surface area contributed by atoms with Crippen LogP contribution in [0.25, 0.3) is 0 Å². The molecule has 3 heteroatoms. The Morgan fingerprint density at radius 2 is 2.44 bits per heavy atom. The molecule has 0 aromatic carbocycles. The number of allylic oxidation sites excluding steroid dienone is 1. The molecule has 0 saturated carbocycles. The second-order valence-electron chi connectivity index (χ2n) is 1.31. The summed E-state index contributed by atoms with van der Waals surface area (Å²) >= 11 is 5.25. The molecule has 0 saturated heterocycles. The van der Waals surface area contributed by atoms with Crippen LogP contribution in [0.5, 0.6) is 0 Å². The first-order valence-electron chi connectivity index (χ1n) is 2.70. The van der Waals surface area contributed by atoms with Gasteiger partial charge >= 0.3 is 5.97 Å². The van der Waals surface area contributed by atoms with Crippen molar-refractivity contribution in [3.8, 4) is 0 Å². The average molecular weight is 149 g/mol. The molecule has 0 aliphatic carbocycles. The fourth-order valence-corrected chi connectivity index (χ4v) is 0.420. The van der Waals surface area contributed by atoms with Crippen LogP contribution in [-0.2, 0) is 9.53 Å². The summed E-state index contributed by atoms with van der Waals surface area (Å²) in [7, 11) is 0. The number of hydrogen-bond acceptors (Lipinski definition) is 2. The Hall–Kier alpha value is -0.500. The normalized spacial score (nSPS) is 10.0. The monoisotopic (exact) mass is 148 g/mol. The molecule has 0 atom stereocenters. The van der Waals surface area contributed by atoms with E-state index in [0.29, 0.717) is 12.5 Å². The fraction of sp³-hybridized carbons (Fsp3) is 0.500. The molecule has 52 valence electrons. The minimum atomic E-state index is -0.335. The fourth-order valence-electron chi connectivity index (χ4n) is 0.331. The molecule has 0 unspecified atom stereocenters. The highest BCUT2D eigenvalue weighted by atomic mass is 35.5. The third-order valence-corrected chi connectivity index (χ3v) is 0.808. The van der Waals surface area contributed by atoms with Gasteiger partial charge in [-0.15, -0.1) is 11.6 Å². The summed E-state index contributed by atoms with van der Waals surface area (Å²) in [4.78, 5) is 10.4. The Balaban J connectivity index is 3.37. The van der Waals surface area contributed by atoms with Gasteiger partial charge < -0.3 is 4.74 Å². The first-order valence-corrected chi connectivity index (χ1v) is 3.24. The van der Waals surface area contributed by atoms with Crippen LogP contribution in [-0.4, -0.2) is 18.5 Å². The van der Waals surface area contributed by atoms with Crippen molar-refractivity contribution >= 4 is 17.6 Å². The molecule has 0 amide bonds. The van der Waals surface area contributed by atoms with Crippen LogP contribution in [0.2, 0.25) is 0 Å². The summed E-state index contributed by atoms with van der Waals surface area (Å²) in [5, 5.41) is 0. The van der Waals surface area contributed by atoms with Gasteiger partial charge in [0.1, 0.15) is 0 Å². The maximum absolute atomic E-state index is 10.4. The molecule has 0 heterocycles. The standard InChI is InChI=1S/C6H9ClO2/c1-2-9-6(8)4-3-5-7/h3-4H,2,5H2,1H3/b4-3-. The van der Waals surface area contributed by atoms with Gasteiger partial charge in [0, 0.05) is 12.0 Å². The Labute approximate surface area is 59.5 Å². The molecular weight excluding hydrogens is 140 g/mol. The summed E-state index contributed by atoms with van der Waals surface area (Å²) in [6, 6.07) is 0. The maximum Gasteiger partial charge on any atom is 0.330 e. The predicted octanol–water partition coefficient (Wildman–Crippen LogP) is 1.34. The quantitative estimate of drug-likeness (QED) is 0.343. The Morgan fingerprint density at radius 3 is 2.89 bits per heavy atom. The van der Waals surface area contributed by atoms with Crippen molar-refractivity contribution in [1.82, 2.24) is 0 Å². The maximum atomic E-state index is 10.4. The molecule has 0 aliphatic rings. The minimum absolute atomic E-state index is 0.335. The number of carbonyl (C=O) groups is 1. The summed E-state index contributed by atoms with van der Waals surface area (Å²) in [6.07, 6.45) is 2.86. The summed E-state index contributed by atoms with van der Waals surface area (Å²) in [5.41, 5.74) is 0. The van der Waals surface area contributed by atoms with Crippen molar-refractivity contribution in [2.45, 2.75) is 6.92 Å². The lowest BCUT2D eigenvalue weighted by atomic mass is 10.5. The average Bonchev–Trinajstić information content (AvgIpc) is 1.85. The third-order valence-electron chi connectivity index (χ3n) is 0.630. The molecule has 0 aliphatic heterocycles. The van der Waals surface area contributed by atoms with Gasteiger partial charge in [0.05, 0.1) is 6.61 Å². The van der Waals surface area contributed by atoms with Crippen LogP contribution in [0.15, 0.2) is 12.2 Å². The largest absolute Gasteiger partial charge is 0.463 e. The van der Waals surface area contributed by atoms with Crippen LogP contribution >= 0.6 is 11.6 Å². The molecule has 0 spiro atoms. The first-order chi connectivity index (χ1) is 4.31. The number of rotatable bonds is 3. The molecule has 0 N–H and O–H groups in total. The molecule has 0 rings (SSSR count). The van der Waals surface area contributed by atoms with Crippen LogP contribution in [0.1, 0.15) is 6.92 Å². The van der Waals surface area contributed by atoms with Gasteiger partial charge in [-0.2, -0.15) is 0 Å². The number of halogens is 1. The van der Waals surface area contributed by atoms with E-state index in [1.54, 1.807) is 13.0 Å². The van der Waals surface area contributed by atoms with E-state index in [2.05, 4.69) is 4.74 Å². The highest BCUT2D eigenvalue weighted by Crippen LogP contribution is 1.82. The van der Waals surface area contributed by atoms with E-state index >= 15 is 0 Å². The van der Waals surface area contributed by atoms with Gasteiger partial charge in [-0.05, 0) is 6.92 Å². The molecule has 9 heavy (non-hydrogen) atoms.